The molecule has 0 fully saturated rings. The monoisotopic (exact) mass is 223 g/mol. The molecule has 0 aromatic carbocycles. The topological polar surface area (TPSA) is 46.2 Å². The highest BCUT2D eigenvalue weighted by atomic mass is 16.2. The average Bonchev–Trinajstić information content (AvgIpc) is 2.27. The molecule has 0 aromatic rings. The first-order valence-electron chi connectivity index (χ1n) is 6.03. The number of hydrogen-bond donors (Lipinski definition) is 1. The second-order valence-corrected chi connectivity index (χ2v) is 4.53. The summed E-state index contributed by atoms with van der Waals surface area (Å²) in [5.41, 5.74) is 0.873. The standard InChI is InChI=1S/C13H21NO2/c1-5-10(6-2)14-12-11(15)7-8(3)9(4)13(12)16/h7,9-10,12,14H,5-6H2,1-4H3. The molecule has 90 valence electrons. The number of carbonyl (C=O) groups excluding carboxylic acids is 2. The van der Waals surface area contributed by atoms with Crippen LogP contribution in [0.4, 0.5) is 0 Å². The third-order valence-corrected chi connectivity index (χ3v) is 3.44. The van der Waals surface area contributed by atoms with E-state index in [-0.39, 0.29) is 23.5 Å². The lowest BCUT2D eigenvalue weighted by Crippen LogP contribution is -2.51. The summed E-state index contributed by atoms with van der Waals surface area (Å²) in [6, 6.07) is -0.375. The van der Waals surface area contributed by atoms with E-state index in [2.05, 4.69) is 19.2 Å². The van der Waals surface area contributed by atoms with Crippen molar-refractivity contribution in [1.82, 2.24) is 5.32 Å². The molecule has 0 radical (unpaired) electrons. The zero-order valence-electron chi connectivity index (χ0n) is 10.5. The Labute approximate surface area is 97.3 Å². The summed E-state index contributed by atoms with van der Waals surface area (Å²) >= 11 is 0. The van der Waals surface area contributed by atoms with Crippen molar-refractivity contribution in [2.75, 3.05) is 0 Å². The van der Waals surface area contributed by atoms with Gasteiger partial charge in [0.1, 0.15) is 6.04 Å². The number of ketones is 2. The number of rotatable bonds is 4. The van der Waals surface area contributed by atoms with Gasteiger partial charge in [-0.1, -0.05) is 26.3 Å². The molecular weight excluding hydrogens is 202 g/mol. The van der Waals surface area contributed by atoms with E-state index in [1.165, 1.54) is 0 Å². The Morgan fingerprint density at radius 1 is 1.31 bits per heavy atom. The second-order valence-electron chi connectivity index (χ2n) is 4.53. The van der Waals surface area contributed by atoms with Gasteiger partial charge in [-0.05, 0) is 25.8 Å². The number of nitrogens with one attached hydrogen (secondary N) is 1. The molecule has 1 N–H and O–H groups in total. The van der Waals surface area contributed by atoms with Crippen molar-refractivity contribution >= 4 is 11.6 Å². The Balaban J connectivity index is 2.81. The molecule has 0 saturated carbocycles. The Kier molecular flexibility index (Phi) is 4.42. The van der Waals surface area contributed by atoms with Gasteiger partial charge < -0.3 is 0 Å². The molecule has 2 atom stereocenters. The minimum Gasteiger partial charge on any atom is -0.298 e. The molecule has 2 unspecified atom stereocenters. The van der Waals surface area contributed by atoms with Crippen LogP contribution >= 0.6 is 0 Å². The van der Waals surface area contributed by atoms with E-state index in [0.29, 0.717) is 0 Å². The van der Waals surface area contributed by atoms with E-state index in [1.54, 1.807) is 6.08 Å². The Morgan fingerprint density at radius 2 is 1.88 bits per heavy atom. The van der Waals surface area contributed by atoms with Gasteiger partial charge in [-0.3, -0.25) is 14.9 Å². The summed E-state index contributed by atoms with van der Waals surface area (Å²) in [4.78, 5) is 23.8. The number of carbonyl (C=O) groups is 2. The molecule has 0 heterocycles. The summed E-state index contributed by atoms with van der Waals surface area (Å²) in [5.74, 6) is -0.214. The van der Waals surface area contributed by atoms with Gasteiger partial charge >= 0.3 is 0 Å². The van der Waals surface area contributed by atoms with Crippen LogP contribution in [0.15, 0.2) is 11.6 Å². The van der Waals surface area contributed by atoms with Gasteiger partial charge in [0.15, 0.2) is 11.6 Å². The molecule has 0 spiro atoms. The largest absolute Gasteiger partial charge is 0.298 e. The maximum Gasteiger partial charge on any atom is 0.180 e. The lowest BCUT2D eigenvalue weighted by atomic mass is 9.84. The summed E-state index contributed by atoms with van der Waals surface area (Å²) in [5, 5.41) is 3.16. The van der Waals surface area contributed by atoms with Crippen molar-refractivity contribution in [3.63, 3.8) is 0 Å². The molecular formula is C13H21NO2. The van der Waals surface area contributed by atoms with Crippen LogP contribution in [0.5, 0.6) is 0 Å². The first kappa shape index (κ1) is 13.1. The third-order valence-electron chi connectivity index (χ3n) is 3.44. The van der Waals surface area contributed by atoms with Crippen LogP contribution in [0.25, 0.3) is 0 Å². The molecule has 1 aliphatic carbocycles. The van der Waals surface area contributed by atoms with Crippen LogP contribution in [-0.2, 0) is 9.59 Å². The van der Waals surface area contributed by atoms with E-state index < -0.39 is 6.04 Å². The summed E-state index contributed by atoms with van der Waals surface area (Å²) in [6.45, 7) is 7.82. The van der Waals surface area contributed by atoms with Gasteiger partial charge in [-0.2, -0.15) is 0 Å². The van der Waals surface area contributed by atoms with Crippen molar-refractivity contribution in [2.24, 2.45) is 5.92 Å². The smallest absolute Gasteiger partial charge is 0.180 e. The van der Waals surface area contributed by atoms with E-state index in [1.807, 2.05) is 13.8 Å². The highest BCUT2D eigenvalue weighted by Crippen LogP contribution is 2.19. The van der Waals surface area contributed by atoms with Crippen LogP contribution < -0.4 is 5.32 Å². The summed E-state index contributed by atoms with van der Waals surface area (Å²) in [7, 11) is 0. The molecule has 16 heavy (non-hydrogen) atoms. The van der Waals surface area contributed by atoms with Gasteiger partial charge in [-0.25, -0.2) is 0 Å². The van der Waals surface area contributed by atoms with E-state index >= 15 is 0 Å². The van der Waals surface area contributed by atoms with Crippen molar-refractivity contribution in [1.29, 1.82) is 0 Å². The zero-order chi connectivity index (χ0) is 12.3. The van der Waals surface area contributed by atoms with E-state index in [9.17, 15) is 9.59 Å². The van der Waals surface area contributed by atoms with Crippen molar-refractivity contribution in [3.05, 3.63) is 11.6 Å². The molecule has 0 saturated heterocycles. The van der Waals surface area contributed by atoms with Gasteiger partial charge in [0, 0.05) is 12.0 Å². The Morgan fingerprint density at radius 3 is 2.38 bits per heavy atom. The van der Waals surface area contributed by atoms with Gasteiger partial charge in [-0.15, -0.1) is 0 Å². The molecule has 0 aromatic heterocycles. The zero-order valence-corrected chi connectivity index (χ0v) is 10.5. The van der Waals surface area contributed by atoms with Crippen molar-refractivity contribution < 1.29 is 9.59 Å². The Bertz CT molecular complexity index is 316. The van der Waals surface area contributed by atoms with Crippen LogP contribution in [-0.4, -0.2) is 23.7 Å². The fourth-order valence-electron chi connectivity index (χ4n) is 1.97. The van der Waals surface area contributed by atoms with Gasteiger partial charge in [0.25, 0.3) is 0 Å². The third kappa shape index (κ3) is 2.59. The highest BCUT2D eigenvalue weighted by Gasteiger charge is 2.34. The predicted molar refractivity (Wildman–Crippen MR) is 64.2 cm³/mol. The fourth-order valence-corrected chi connectivity index (χ4v) is 1.97. The SMILES string of the molecule is CCC(CC)NC1C(=O)C=C(C)C(C)C1=O. The predicted octanol–water partition coefficient (Wildman–Crippen LogP) is 1.87. The minimum absolute atomic E-state index is 0.0110. The molecule has 0 amide bonds. The average molecular weight is 223 g/mol. The van der Waals surface area contributed by atoms with Gasteiger partial charge in [0.2, 0.25) is 0 Å². The molecule has 0 aliphatic heterocycles. The Hall–Kier alpha value is -0.960. The van der Waals surface area contributed by atoms with Crippen molar-refractivity contribution in [2.45, 2.75) is 52.6 Å². The van der Waals surface area contributed by atoms with E-state index in [4.69, 9.17) is 0 Å². The quantitative estimate of drug-likeness (QED) is 0.740. The normalized spacial score (nSPS) is 26.2. The first-order valence-corrected chi connectivity index (χ1v) is 6.03. The van der Waals surface area contributed by atoms with Crippen LogP contribution in [0.2, 0.25) is 0 Å². The summed E-state index contributed by atoms with van der Waals surface area (Å²) < 4.78 is 0. The fraction of sp³-hybridized carbons (Fsp3) is 0.692. The number of hydrogen-bond acceptors (Lipinski definition) is 3. The molecule has 3 heteroatoms. The van der Waals surface area contributed by atoms with Gasteiger partial charge in [0.05, 0.1) is 0 Å². The first-order chi connectivity index (χ1) is 7.51. The lowest BCUT2D eigenvalue weighted by molar-refractivity contribution is -0.130. The molecule has 3 nitrogen and oxygen atoms in total. The molecule has 0 bridgehead atoms. The second kappa shape index (κ2) is 5.39. The highest BCUT2D eigenvalue weighted by molar-refractivity contribution is 6.15. The minimum atomic E-state index is -0.622. The summed E-state index contributed by atoms with van der Waals surface area (Å²) in [6.07, 6.45) is 3.47. The molecule has 1 aliphatic rings. The number of Topliss-reactive ketones (excluding diaryl/α,β-unsaturated/α-hetero) is 1. The van der Waals surface area contributed by atoms with Crippen molar-refractivity contribution in [3.8, 4) is 0 Å². The number of allylic oxidation sites excluding steroid dienone is 1. The maximum absolute atomic E-state index is 12.0. The van der Waals surface area contributed by atoms with Crippen LogP contribution in [0, 0.1) is 5.92 Å². The van der Waals surface area contributed by atoms with E-state index in [0.717, 1.165) is 18.4 Å². The maximum atomic E-state index is 12.0. The lowest BCUT2D eigenvalue weighted by Gasteiger charge is -2.27. The van der Waals surface area contributed by atoms with Crippen LogP contribution in [0.1, 0.15) is 40.5 Å². The molecule has 1 rings (SSSR count). The van der Waals surface area contributed by atoms with Crippen LogP contribution in [0.3, 0.4) is 0 Å².